The van der Waals surface area contributed by atoms with E-state index in [1.54, 1.807) is 0 Å². The van der Waals surface area contributed by atoms with Crippen molar-refractivity contribution in [2.24, 2.45) is 5.92 Å². The molecule has 6 heteroatoms. The molecular formula is C14H19FN2O3. The van der Waals surface area contributed by atoms with Crippen LogP contribution < -0.4 is 11.1 Å². The second kappa shape index (κ2) is 6.88. The molecule has 0 saturated heterocycles. The first-order chi connectivity index (χ1) is 9.31. The molecule has 0 aromatic heterocycles. The second-order valence-corrected chi connectivity index (χ2v) is 4.93. The summed E-state index contributed by atoms with van der Waals surface area (Å²) in [5, 5.41) is 2.63. The first-order valence-corrected chi connectivity index (χ1v) is 6.35. The van der Waals surface area contributed by atoms with Gasteiger partial charge in [-0.05, 0) is 31.0 Å². The maximum atomic E-state index is 13.5. The Hall–Kier alpha value is -2.11. The fourth-order valence-electron chi connectivity index (χ4n) is 1.42. The molecule has 0 aliphatic carbocycles. The van der Waals surface area contributed by atoms with Gasteiger partial charge in [0.05, 0.1) is 5.56 Å². The number of halogens is 1. The number of benzene rings is 1. The molecule has 0 fully saturated rings. The third kappa shape index (κ3) is 4.53. The predicted octanol–water partition coefficient (Wildman–Crippen LogP) is 1.73. The first kappa shape index (κ1) is 15.9. The van der Waals surface area contributed by atoms with Crippen molar-refractivity contribution >= 4 is 17.6 Å². The molecule has 1 aromatic rings. The highest BCUT2D eigenvalue weighted by Crippen LogP contribution is 2.13. The van der Waals surface area contributed by atoms with E-state index in [4.69, 9.17) is 10.5 Å². The van der Waals surface area contributed by atoms with Gasteiger partial charge in [-0.15, -0.1) is 0 Å². The van der Waals surface area contributed by atoms with E-state index in [1.807, 2.05) is 13.8 Å². The molecular weight excluding hydrogens is 263 g/mol. The normalized spacial score (nSPS) is 12.1. The number of nitrogens with two attached hydrogens (primary N) is 1. The fourth-order valence-corrected chi connectivity index (χ4v) is 1.42. The number of nitrogens with one attached hydrogen (secondary N) is 1. The smallest absolute Gasteiger partial charge is 0.341 e. The van der Waals surface area contributed by atoms with E-state index in [0.717, 1.165) is 6.07 Å². The highest BCUT2D eigenvalue weighted by atomic mass is 19.1. The predicted molar refractivity (Wildman–Crippen MR) is 73.5 cm³/mol. The number of ether oxygens (including phenoxy) is 1. The van der Waals surface area contributed by atoms with Gasteiger partial charge in [0.2, 0.25) is 0 Å². The van der Waals surface area contributed by atoms with E-state index in [9.17, 15) is 14.0 Å². The number of hydrogen-bond donors (Lipinski definition) is 2. The number of carbonyl (C=O) groups is 2. The van der Waals surface area contributed by atoms with Gasteiger partial charge in [-0.25, -0.2) is 9.18 Å². The number of rotatable bonds is 5. The quantitative estimate of drug-likeness (QED) is 0.636. The summed E-state index contributed by atoms with van der Waals surface area (Å²) in [6, 6.07) is 3.65. The monoisotopic (exact) mass is 282 g/mol. The molecule has 0 aliphatic rings. The van der Waals surface area contributed by atoms with Crippen LogP contribution in [0.2, 0.25) is 0 Å². The Morgan fingerprint density at radius 3 is 2.55 bits per heavy atom. The summed E-state index contributed by atoms with van der Waals surface area (Å²) < 4.78 is 18.4. The van der Waals surface area contributed by atoms with Crippen LogP contribution in [0, 0.1) is 11.7 Å². The minimum Gasteiger partial charge on any atom is -0.449 e. The molecule has 0 radical (unpaired) electrons. The Balaban J connectivity index is 2.63. The lowest BCUT2D eigenvalue weighted by Gasteiger charge is -2.14. The summed E-state index contributed by atoms with van der Waals surface area (Å²) in [4.78, 5) is 23.4. The Bertz CT molecular complexity index is 503. The zero-order valence-corrected chi connectivity index (χ0v) is 11.8. The van der Waals surface area contributed by atoms with Crippen molar-refractivity contribution < 1.29 is 18.7 Å². The van der Waals surface area contributed by atoms with Crippen LogP contribution in [0.15, 0.2) is 18.2 Å². The summed E-state index contributed by atoms with van der Waals surface area (Å²) in [6.07, 6.45) is -0.988. The zero-order valence-electron chi connectivity index (χ0n) is 11.8. The average molecular weight is 282 g/mol. The molecule has 0 bridgehead atoms. The molecule has 1 aromatic carbocycles. The number of anilines is 1. The second-order valence-electron chi connectivity index (χ2n) is 4.93. The van der Waals surface area contributed by atoms with Crippen LogP contribution >= 0.6 is 0 Å². The van der Waals surface area contributed by atoms with Gasteiger partial charge in [0.1, 0.15) is 5.82 Å². The van der Waals surface area contributed by atoms with Crippen LogP contribution in [0.25, 0.3) is 0 Å². The van der Waals surface area contributed by atoms with E-state index in [1.165, 1.54) is 19.1 Å². The van der Waals surface area contributed by atoms with Crippen LogP contribution in [0.1, 0.15) is 31.1 Å². The highest BCUT2D eigenvalue weighted by molar-refractivity contribution is 5.92. The van der Waals surface area contributed by atoms with Crippen molar-refractivity contribution in [3.63, 3.8) is 0 Å². The lowest BCUT2D eigenvalue weighted by molar-refractivity contribution is -0.129. The highest BCUT2D eigenvalue weighted by Gasteiger charge is 2.21. The van der Waals surface area contributed by atoms with Crippen LogP contribution in [0.3, 0.4) is 0 Å². The molecule has 0 saturated carbocycles. The Labute approximate surface area is 117 Å². The Kier molecular flexibility index (Phi) is 5.49. The van der Waals surface area contributed by atoms with Crippen LogP contribution in [-0.2, 0) is 9.53 Å². The third-order valence-electron chi connectivity index (χ3n) is 2.55. The number of esters is 1. The van der Waals surface area contributed by atoms with Gasteiger partial charge in [-0.3, -0.25) is 4.79 Å². The van der Waals surface area contributed by atoms with Crippen molar-refractivity contribution in [3.8, 4) is 0 Å². The summed E-state index contributed by atoms with van der Waals surface area (Å²) in [5.41, 5.74) is 5.35. The third-order valence-corrected chi connectivity index (χ3v) is 2.55. The molecule has 1 unspecified atom stereocenters. The van der Waals surface area contributed by atoms with E-state index in [0.29, 0.717) is 6.54 Å². The van der Waals surface area contributed by atoms with Crippen molar-refractivity contribution in [3.05, 3.63) is 29.6 Å². The molecule has 0 aliphatic heterocycles. The maximum Gasteiger partial charge on any atom is 0.341 e. The van der Waals surface area contributed by atoms with Gasteiger partial charge in [-0.1, -0.05) is 13.8 Å². The van der Waals surface area contributed by atoms with E-state index in [-0.39, 0.29) is 17.2 Å². The van der Waals surface area contributed by atoms with Gasteiger partial charge >= 0.3 is 5.97 Å². The summed E-state index contributed by atoms with van der Waals surface area (Å²) in [5.74, 6) is -1.79. The minimum absolute atomic E-state index is 0.210. The fraction of sp³-hybridized carbons (Fsp3) is 0.429. The minimum atomic E-state index is -0.988. The SMILES string of the molecule is CC(C)CNC(=O)C(C)OC(=O)c1ccc(N)cc1F. The maximum absolute atomic E-state index is 13.5. The standard InChI is InChI=1S/C14H19FN2O3/c1-8(2)7-17-13(18)9(3)20-14(19)11-5-4-10(16)6-12(11)15/h4-6,8-9H,7,16H2,1-3H3,(H,17,18). The zero-order chi connectivity index (χ0) is 15.3. The number of amides is 1. The van der Waals surface area contributed by atoms with Crippen molar-refractivity contribution in [1.82, 2.24) is 5.32 Å². The van der Waals surface area contributed by atoms with E-state index < -0.39 is 23.8 Å². The largest absolute Gasteiger partial charge is 0.449 e. The van der Waals surface area contributed by atoms with Gasteiger partial charge in [0, 0.05) is 12.2 Å². The van der Waals surface area contributed by atoms with Crippen LogP contribution in [0.4, 0.5) is 10.1 Å². The van der Waals surface area contributed by atoms with Gasteiger partial charge in [0.25, 0.3) is 5.91 Å². The molecule has 20 heavy (non-hydrogen) atoms. The molecule has 0 spiro atoms. The van der Waals surface area contributed by atoms with Crippen LogP contribution in [-0.4, -0.2) is 24.5 Å². The lowest BCUT2D eigenvalue weighted by atomic mass is 10.2. The Morgan fingerprint density at radius 2 is 2.00 bits per heavy atom. The topological polar surface area (TPSA) is 81.4 Å². The van der Waals surface area contributed by atoms with Crippen molar-refractivity contribution in [2.45, 2.75) is 26.9 Å². The molecule has 1 amide bonds. The summed E-state index contributed by atoms with van der Waals surface area (Å²) >= 11 is 0. The summed E-state index contributed by atoms with van der Waals surface area (Å²) in [6.45, 7) is 5.81. The molecule has 5 nitrogen and oxygen atoms in total. The van der Waals surface area contributed by atoms with E-state index in [2.05, 4.69) is 5.32 Å². The number of hydrogen-bond acceptors (Lipinski definition) is 4. The molecule has 3 N–H and O–H groups in total. The van der Waals surface area contributed by atoms with Crippen molar-refractivity contribution in [1.29, 1.82) is 0 Å². The van der Waals surface area contributed by atoms with Gasteiger partial charge < -0.3 is 15.8 Å². The molecule has 1 atom stereocenters. The number of carbonyl (C=O) groups excluding carboxylic acids is 2. The molecule has 110 valence electrons. The van der Waals surface area contributed by atoms with Crippen LogP contribution in [0.5, 0.6) is 0 Å². The summed E-state index contributed by atoms with van der Waals surface area (Å²) in [7, 11) is 0. The lowest BCUT2D eigenvalue weighted by Crippen LogP contribution is -2.37. The number of nitrogen functional groups attached to an aromatic ring is 1. The molecule has 1 rings (SSSR count). The van der Waals surface area contributed by atoms with Gasteiger partial charge in [-0.2, -0.15) is 0 Å². The average Bonchev–Trinajstić information content (AvgIpc) is 2.35. The Morgan fingerprint density at radius 1 is 1.35 bits per heavy atom. The van der Waals surface area contributed by atoms with Gasteiger partial charge in [0.15, 0.2) is 6.10 Å². The van der Waals surface area contributed by atoms with Crippen molar-refractivity contribution in [2.75, 3.05) is 12.3 Å². The first-order valence-electron chi connectivity index (χ1n) is 6.35. The molecule has 0 heterocycles. The van der Waals surface area contributed by atoms with E-state index >= 15 is 0 Å².